The van der Waals surface area contributed by atoms with Crippen LogP contribution in [0.1, 0.15) is 19.4 Å². The molecule has 2 aromatic rings. The highest BCUT2D eigenvalue weighted by molar-refractivity contribution is 5.79. The summed E-state index contributed by atoms with van der Waals surface area (Å²) in [7, 11) is 0. The molecule has 5 N–H and O–H groups in total. The number of anilines is 1. The van der Waals surface area contributed by atoms with Gasteiger partial charge in [-0.15, -0.1) is 0 Å². The SMILES string of the molecule is CC1(C)O[C@@H]2C=CC(NCc3c[nH]c4nc(N)[nH]c(=O)c34)[C@@H]2O1. The Bertz CT molecular complexity index is 837. The van der Waals surface area contributed by atoms with Crippen LogP contribution in [0, 0.1) is 0 Å². The molecule has 4 rings (SSSR count). The third kappa shape index (κ3) is 2.44. The summed E-state index contributed by atoms with van der Waals surface area (Å²) >= 11 is 0. The second-order valence-electron chi connectivity index (χ2n) is 6.35. The second-order valence-corrected chi connectivity index (χ2v) is 6.35. The molecule has 2 aliphatic rings. The monoisotopic (exact) mass is 317 g/mol. The van der Waals surface area contributed by atoms with E-state index in [0.717, 1.165) is 5.56 Å². The Morgan fingerprint density at radius 2 is 2.22 bits per heavy atom. The van der Waals surface area contributed by atoms with Gasteiger partial charge in [0.05, 0.1) is 11.4 Å². The summed E-state index contributed by atoms with van der Waals surface area (Å²) < 4.78 is 11.7. The molecule has 3 atom stereocenters. The summed E-state index contributed by atoms with van der Waals surface area (Å²) in [6, 6.07) is 0.0348. The lowest BCUT2D eigenvalue weighted by Crippen LogP contribution is -2.39. The van der Waals surface area contributed by atoms with E-state index in [1.807, 2.05) is 26.0 Å². The first-order valence-corrected chi connectivity index (χ1v) is 7.56. The average Bonchev–Trinajstić information content (AvgIpc) is 3.09. The van der Waals surface area contributed by atoms with Gasteiger partial charge >= 0.3 is 0 Å². The molecule has 8 heteroatoms. The number of aromatic nitrogens is 3. The summed E-state index contributed by atoms with van der Waals surface area (Å²) in [5.74, 6) is -0.469. The molecule has 1 aliphatic carbocycles. The molecule has 1 aliphatic heterocycles. The van der Waals surface area contributed by atoms with Gasteiger partial charge in [-0.3, -0.25) is 9.78 Å². The number of aromatic amines is 2. The van der Waals surface area contributed by atoms with Gasteiger partial charge in [0.2, 0.25) is 5.95 Å². The lowest BCUT2D eigenvalue weighted by molar-refractivity contribution is -0.145. The predicted octanol–water partition coefficient (Wildman–Crippen LogP) is 0.382. The van der Waals surface area contributed by atoms with Crippen LogP contribution in [-0.2, 0) is 16.0 Å². The highest BCUT2D eigenvalue weighted by atomic mass is 16.8. The number of nitrogen functional groups attached to an aromatic ring is 1. The van der Waals surface area contributed by atoms with Crippen molar-refractivity contribution in [2.45, 2.75) is 44.4 Å². The molecule has 3 heterocycles. The maximum atomic E-state index is 12.1. The van der Waals surface area contributed by atoms with Crippen LogP contribution in [0.25, 0.3) is 11.0 Å². The number of nitrogens with zero attached hydrogens (tertiary/aromatic N) is 1. The third-order valence-corrected chi connectivity index (χ3v) is 4.20. The first-order chi connectivity index (χ1) is 10.9. The standard InChI is InChI=1S/C15H19N5O3/c1-15(2)22-9-4-3-8(11(9)23-15)17-5-7-6-18-12-10(7)13(21)20-14(16)19-12/h3-4,6,8-9,11,17H,5H2,1-2H3,(H4,16,18,19,20,21)/t8?,9-,11+/m1/s1. The fraction of sp³-hybridized carbons (Fsp3) is 0.467. The molecule has 1 unspecified atom stereocenters. The molecule has 0 bridgehead atoms. The Morgan fingerprint density at radius 3 is 3.04 bits per heavy atom. The fourth-order valence-corrected chi connectivity index (χ4v) is 3.25. The van der Waals surface area contributed by atoms with Gasteiger partial charge in [-0.1, -0.05) is 12.2 Å². The molecule has 1 saturated heterocycles. The molecule has 0 amide bonds. The van der Waals surface area contributed by atoms with Gasteiger partial charge in [0.1, 0.15) is 17.9 Å². The number of hydrogen-bond acceptors (Lipinski definition) is 6. The van der Waals surface area contributed by atoms with Crippen molar-refractivity contribution in [2.24, 2.45) is 0 Å². The lowest BCUT2D eigenvalue weighted by atomic mass is 10.1. The van der Waals surface area contributed by atoms with Gasteiger partial charge in [-0.2, -0.15) is 4.98 Å². The van der Waals surface area contributed by atoms with E-state index in [1.54, 1.807) is 6.20 Å². The van der Waals surface area contributed by atoms with Gasteiger partial charge < -0.3 is 25.5 Å². The van der Waals surface area contributed by atoms with Crippen LogP contribution in [0.5, 0.6) is 0 Å². The van der Waals surface area contributed by atoms with E-state index in [4.69, 9.17) is 15.2 Å². The molecule has 1 fully saturated rings. The van der Waals surface area contributed by atoms with Gasteiger partial charge in [0.25, 0.3) is 5.56 Å². The van der Waals surface area contributed by atoms with Crippen molar-refractivity contribution in [1.29, 1.82) is 0 Å². The van der Waals surface area contributed by atoms with E-state index >= 15 is 0 Å². The minimum atomic E-state index is -0.570. The smallest absolute Gasteiger partial charge is 0.262 e. The fourth-order valence-electron chi connectivity index (χ4n) is 3.25. The van der Waals surface area contributed by atoms with E-state index < -0.39 is 5.79 Å². The molecular formula is C15H19N5O3. The molecule has 0 saturated carbocycles. The number of H-pyrrole nitrogens is 2. The molecule has 122 valence electrons. The number of fused-ring (bicyclic) bond motifs is 2. The van der Waals surface area contributed by atoms with Gasteiger partial charge in [0.15, 0.2) is 5.79 Å². The highest BCUT2D eigenvalue weighted by Gasteiger charge is 2.46. The van der Waals surface area contributed by atoms with Gasteiger partial charge in [-0.05, 0) is 19.4 Å². The van der Waals surface area contributed by atoms with Crippen LogP contribution in [-0.4, -0.2) is 39.0 Å². The maximum absolute atomic E-state index is 12.1. The zero-order valence-electron chi connectivity index (χ0n) is 12.9. The van der Waals surface area contributed by atoms with Crippen molar-refractivity contribution in [3.05, 3.63) is 34.3 Å². The van der Waals surface area contributed by atoms with Crippen molar-refractivity contribution in [3.8, 4) is 0 Å². The molecule has 8 nitrogen and oxygen atoms in total. The molecule has 0 radical (unpaired) electrons. The quantitative estimate of drug-likeness (QED) is 0.608. The Morgan fingerprint density at radius 1 is 1.39 bits per heavy atom. The second kappa shape index (κ2) is 4.92. The van der Waals surface area contributed by atoms with Crippen LogP contribution >= 0.6 is 0 Å². The predicted molar refractivity (Wildman–Crippen MR) is 84.7 cm³/mol. The first kappa shape index (κ1) is 14.4. The van der Waals surface area contributed by atoms with E-state index in [2.05, 4.69) is 20.3 Å². The summed E-state index contributed by atoms with van der Waals surface area (Å²) in [5, 5.41) is 3.93. The van der Waals surface area contributed by atoms with Crippen molar-refractivity contribution in [2.75, 3.05) is 5.73 Å². The molecule has 23 heavy (non-hydrogen) atoms. The largest absolute Gasteiger partial charge is 0.369 e. The average molecular weight is 317 g/mol. The maximum Gasteiger partial charge on any atom is 0.262 e. The van der Waals surface area contributed by atoms with Crippen LogP contribution in [0.15, 0.2) is 23.1 Å². The Kier molecular flexibility index (Phi) is 3.09. The molecular weight excluding hydrogens is 298 g/mol. The van der Waals surface area contributed by atoms with Crippen molar-refractivity contribution in [1.82, 2.24) is 20.3 Å². The summed E-state index contributed by atoms with van der Waals surface area (Å²) in [6.07, 6.45) is 5.74. The number of nitrogens with two attached hydrogens (primary N) is 1. The summed E-state index contributed by atoms with van der Waals surface area (Å²) in [5.41, 5.74) is 6.63. The topological polar surface area (TPSA) is 118 Å². The Hall–Kier alpha value is -2.16. The van der Waals surface area contributed by atoms with Crippen LogP contribution < -0.4 is 16.6 Å². The zero-order valence-corrected chi connectivity index (χ0v) is 12.9. The Labute approximate surface area is 132 Å². The Balaban J connectivity index is 1.52. The molecule has 0 aromatic carbocycles. The lowest BCUT2D eigenvalue weighted by Gasteiger charge is -2.21. The van der Waals surface area contributed by atoms with E-state index in [9.17, 15) is 4.79 Å². The van der Waals surface area contributed by atoms with E-state index in [-0.39, 0.29) is 29.8 Å². The minimum Gasteiger partial charge on any atom is -0.369 e. The summed E-state index contributed by atoms with van der Waals surface area (Å²) in [6.45, 7) is 4.33. The highest BCUT2D eigenvalue weighted by Crippen LogP contribution is 2.34. The van der Waals surface area contributed by atoms with E-state index in [0.29, 0.717) is 17.6 Å². The van der Waals surface area contributed by atoms with E-state index in [1.165, 1.54) is 0 Å². The molecule has 0 spiro atoms. The normalized spacial score (nSPS) is 28.5. The van der Waals surface area contributed by atoms with Gasteiger partial charge in [-0.25, -0.2) is 0 Å². The van der Waals surface area contributed by atoms with Crippen LogP contribution in [0.3, 0.4) is 0 Å². The minimum absolute atomic E-state index is 0.0321. The first-order valence-electron chi connectivity index (χ1n) is 7.56. The number of ether oxygens (including phenoxy) is 2. The third-order valence-electron chi connectivity index (χ3n) is 4.20. The number of nitrogens with one attached hydrogen (secondary N) is 3. The van der Waals surface area contributed by atoms with Crippen molar-refractivity contribution < 1.29 is 9.47 Å². The van der Waals surface area contributed by atoms with Crippen LogP contribution in [0.2, 0.25) is 0 Å². The van der Waals surface area contributed by atoms with Gasteiger partial charge in [0, 0.05) is 12.7 Å². The van der Waals surface area contributed by atoms with Crippen LogP contribution in [0.4, 0.5) is 5.95 Å². The zero-order chi connectivity index (χ0) is 16.2. The van der Waals surface area contributed by atoms with Crippen molar-refractivity contribution >= 4 is 17.0 Å². The molecule has 2 aromatic heterocycles. The summed E-state index contributed by atoms with van der Waals surface area (Å²) in [4.78, 5) is 21.7. The number of hydrogen-bond donors (Lipinski definition) is 4. The van der Waals surface area contributed by atoms with Crippen molar-refractivity contribution in [3.63, 3.8) is 0 Å². The number of rotatable bonds is 3.